The van der Waals surface area contributed by atoms with Crippen LogP contribution in [-0.4, -0.2) is 66.2 Å². The van der Waals surface area contributed by atoms with Crippen molar-refractivity contribution < 1.29 is 14.6 Å². The molecule has 0 bridgehead atoms. The maximum atomic E-state index is 12.9. The zero-order valence-corrected chi connectivity index (χ0v) is 16.1. The largest absolute Gasteiger partial charge is 0.491 e. The fraction of sp³-hybridized carbons (Fsp3) is 0.409. The molecule has 0 radical (unpaired) electrons. The Morgan fingerprint density at radius 3 is 2.37 bits per heavy atom. The highest BCUT2D eigenvalue weighted by Gasteiger charge is 2.22. The summed E-state index contributed by atoms with van der Waals surface area (Å²) in [6.45, 7) is 7.85. The second-order valence-electron chi connectivity index (χ2n) is 7.13. The fourth-order valence-electron chi connectivity index (χ4n) is 3.35. The number of amides is 1. The second-order valence-corrected chi connectivity index (χ2v) is 7.13. The van der Waals surface area contributed by atoms with Crippen LogP contribution in [0.2, 0.25) is 0 Å². The Balaban J connectivity index is 1.73. The van der Waals surface area contributed by atoms with Gasteiger partial charge in [0.25, 0.3) is 5.91 Å². The number of carbonyl (C=O) groups excluding carboxylic acids is 1. The number of benzene rings is 2. The normalized spacial score (nSPS) is 15.2. The molecule has 0 saturated carbocycles. The summed E-state index contributed by atoms with van der Waals surface area (Å²) in [5.74, 6) is 0.898. The third-order valence-electron chi connectivity index (χ3n) is 4.72. The molecule has 5 nitrogen and oxygen atoms in total. The lowest BCUT2D eigenvalue weighted by Gasteiger charge is -2.34. The van der Waals surface area contributed by atoms with Gasteiger partial charge in [0.2, 0.25) is 0 Å². The number of rotatable bonds is 6. The molecule has 0 unspecified atom stereocenters. The Labute approximate surface area is 161 Å². The monoisotopic (exact) mass is 368 g/mol. The van der Waals surface area contributed by atoms with Crippen LogP contribution < -0.4 is 4.74 Å². The highest BCUT2D eigenvalue weighted by molar-refractivity contribution is 5.95. The van der Waals surface area contributed by atoms with Crippen molar-refractivity contribution in [3.05, 3.63) is 54.1 Å². The maximum absolute atomic E-state index is 12.9. The number of β-amino-alcohol motifs (C(OH)–C–C–N with tert-alkyl or cyclic N) is 1. The van der Waals surface area contributed by atoms with Crippen molar-refractivity contribution in [2.45, 2.75) is 20.0 Å². The maximum Gasteiger partial charge on any atom is 0.253 e. The number of aliphatic hydroxyl groups is 1. The van der Waals surface area contributed by atoms with Gasteiger partial charge < -0.3 is 14.7 Å². The molecule has 1 fully saturated rings. The molecule has 0 aliphatic carbocycles. The minimum Gasteiger partial charge on any atom is -0.491 e. The second kappa shape index (κ2) is 9.02. The Morgan fingerprint density at radius 1 is 1.04 bits per heavy atom. The zero-order valence-electron chi connectivity index (χ0n) is 16.1. The third-order valence-corrected chi connectivity index (χ3v) is 4.72. The fourth-order valence-corrected chi connectivity index (χ4v) is 3.35. The summed E-state index contributed by atoms with van der Waals surface area (Å²) >= 11 is 0. The Morgan fingerprint density at radius 2 is 1.70 bits per heavy atom. The van der Waals surface area contributed by atoms with E-state index < -0.39 is 0 Å². The van der Waals surface area contributed by atoms with Crippen LogP contribution in [-0.2, 0) is 0 Å². The first-order chi connectivity index (χ1) is 13.1. The number of hydrogen-bond donors (Lipinski definition) is 1. The summed E-state index contributed by atoms with van der Waals surface area (Å²) in [5.41, 5.74) is 2.75. The zero-order chi connectivity index (χ0) is 19.2. The van der Waals surface area contributed by atoms with E-state index in [9.17, 15) is 4.79 Å². The van der Waals surface area contributed by atoms with Gasteiger partial charge in [-0.15, -0.1) is 0 Å². The molecular formula is C22H28N2O3. The van der Waals surface area contributed by atoms with Gasteiger partial charge >= 0.3 is 0 Å². The van der Waals surface area contributed by atoms with E-state index in [0.29, 0.717) is 25.2 Å². The van der Waals surface area contributed by atoms with Crippen molar-refractivity contribution in [3.8, 4) is 16.9 Å². The number of hydrogen-bond acceptors (Lipinski definition) is 4. The summed E-state index contributed by atoms with van der Waals surface area (Å²) in [5, 5.41) is 9.05. The molecule has 0 atom stereocenters. The van der Waals surface area contributed by atoms with Crippen molar-refractivity contribution in [2.24, 2.45) is 0 Å². The quantitative estimate of drug-likeness (QED) is 0.852. The number of aliphatic hydroxyl groups excluding tert-OH is 1. The molecule has 3 rings (SSSR count). The van der Waals surface area contributed by atoms with Crippen LogP contribution in [0.5, 0.6) is 5.75 Å². The molecule has 144 valence electrons. The van der Waals surface area contributed by atoms with Crippen molar-refractivity contribution in [1.29, 1.82) is 0 Å². The summed E-state index contributed by atoms with van der Waals surface area (Å²) in [4.78, 5) is 17.0. The standard InChI is InChI=1S/C22H28N2O3/c1-17(2)27-21-8-4-6-19(16-21)18-5-3-7-20(15-18)22(26)24-11-9-23(10-12-24)13-14-25/h3-8,15-17,25H,9-14H2,1-2H3. The van der Waals surface area contributed by atoms with E-state index in [0.717, 1.165) is 30.0 Å². The molecule has 1 aliphatic heterocycles. The van der Waals surface area contributed by atoms with E-state index in [1.165, 1.54) is 0 Å². The molecule has 2 aromatic rings. The molecule has 1 saturated heterocycles. The molecule has 27 heavy (non-hydrogen) atoms. The molecule has 0 aromatic heterocycles. The summed E-state index contributed by atoms with van der Waals surface area (Å²) in [6, 6.07) is 15.7. The topological polar surface area (TPSA) is 53.0 Å². The Bertz CT molecular complexity index is 768. The Hall–Kier alpha value is -2.37. The number of nitrogens with zero attached hydrogens (tertiary/aromatic N) is 2. The van der Waals surface area contributed by atoms with Gasteiger partial charge in [-0.05, 0) is 49.2 Å². The van der Waals surface area contributed by atoms with Crippen LogP contribution in [0.4, 0.5) is 0 Å². The van der Waals surface area contributed by atoms with Gasteiger partial charge in [0.1, 0.15) is 5.75 Å². The number of ether oxygens (including phenoxy) is 1. The SMILES string of the molecule is CC(C)Oc1cccc(-c2cccc(C(=O)N3CCN(CCO)CC3)c2)c1. The van der Waals surface area contributed by atoms with Crippen molar-refractivity contribution in [3.63, 3.8) is 0 Å². The lowest BCUT2D eigenvalue weighted by atomic mass is 10.0. The predicted octanol–water partition coefficient (Wildman–Crippen LogP) is 2.89. The predicted molar refractivity (Wildman–Crippen MR) is 107 cm³/mol. The van der Waals surface area contributed by atoms with Gasteiger partial charge in [0.05, 0.1) is 12.7 Å². The minimum absolute atomic E-state index is 0.0649. The van der Waals surface area contributed by atoms with E-state index >= 15 is 0 Å². The van der Waals surface area contributed by atoms with E-state index in [-0.39, 0.29) is 18.6 Å². The number of carbonyl (C=O) groups is 1. The van der Waals surface area contributed by atoms with Crippen molar-refractivity contribution in [2.75, 3.05) is 39.3 Å². The van der Waals surface area contributed by atoms with Gasteiger partial charge in [-0.2, -0.15) is 0 Å². The van der Waals surface area contributed by atoms with Gasteiger partial charge in [-0.3, -0.25) is 9.69 Å². The lowest BCUT2D eigenvalue weighted by Crippen LogP contribution is -2.49. The molecule has 1 heterocycles. The molecule has 5 heteroatoms. The van der Waals surface area contributed by atoms with Crippen LogP contribution in [0.3, 0.4) is 0 Å². The average Bonchev–Trinajstić information content (AvgIpc) is 2.68. The van der Waals surface area contributed by atoms with Crippen LogP contribution >= 0.6 is 0 Å². The number of piperazine rings is 1. The highest BCUT2D eigenvalue weighted by atomic mass is 16.5. The summed E-state index contributed by atoms with van der Waals surface area (Å²) < 4.78 is 5.78. The molecule has 1 amide bonds. The highest BCUT2D eigenvalue weighted by Crippen LogP contribution is 2.25. The Kier molecular flexibility index (Phi) is 6.48. The van der Waals surface area contributed by atoms with Crippen LogP contribution in [0.1, 0.15) is 24.2 Å². The first-order valence-corrected chi connectivity index (χ1v) is 9.56. The molecule has 2 aromatic carbocycles. The van der Waals surface area contributed by atoms with Gasteiger partial charge in [0, 0.05) is 38.3 Å². The lowest BCUT2D eigenvalue weighted by molar-refractivity contribution is 0.0615. The van der Waals surface area contributed by atoms with E-state index in [4.69, 9.17) is 9.84 Å². The molecular weight excluding hydrogens is 340 g/mol. The smallest absolute Gasteiger partial charge is 0.253 e. The van der Waals surface area contributed by atoms with Crippen LogP contribution in [0.25, 0.3) is 11.1 Å². The van der Waals surface area contributed by atoms with E-state index in [1.54, 1.807) is 0 Å². The van der Waals surface area contributed by atoms with Gasteiger partial charge in [0.15, 0.2) is 0 Å². The molecule has 0 spiro atoms. The third kappa shape index (κ3) is 5.08. The van der Waals surface area contributed by atoms with Gasteiger partial charge in [-0.1, -0.05) is 24.3 Å². The molecule has 1 N–H and O–H groups in total. The first-order valence-electron chi connectivity index (χ1n) is 9.56. The van der Waals surface area contributed by atoms with Crippen LogP contribution in [0.15, 0.2) is 48.5 Å². The van der Waals surface area contributed by atoms with Crippen LogP contribution in [0, 0.1) is 0 Å². The van der Waals surface area contributed by atoms with E-state index in [2.05, 4.69) is 4.90 Å². The summed E-state index contributed by atoms with van der Waals surface area (Å²) in [7, 11) is 0. The average molecular weight is 368 g/mol. The molecule has 1 aliphatic rings. The first kappa shape index (κ1) is 19.4. The van der Waals surface area contributed by atoms with E-state index in [1.807, 2.05) is 67.3 Å². The van der Waals surface area contributed by atoms with Crippen molar-refractivity contribution >= 4 is 5.91 Å². The minimum atomic E-state index is 0.0649. The van der Waals surface area contributed by atoms with Crippen molar-refractivity contribution in [1.82, 2.24) is 9.80 Å². The summed E-state index contributed by atoms with van der Waals surface area (Å²) in [6.07, 6.45) is 0.123. The van der Waals surface area contributed by atoms with Gasteiger partial charge in [-0.25, -0.2) is 0 Å².